The molecule has 3 aliphatic heterocycles. The van der Waals surface area contributed by atoms with Gasteiger partial charge in [0.1, 0.15) is 6.04 Å². The third-order valence-corrected chi connectivity index (χ3v) is 9.88. The number of nitrogens with one attached hydrogen (secondary N) is 2. The van der Waals surface area contributed by atoms with Gasteiger partial charge >= 0.3 is 0 Å². The van der Waals surface area contributed by atoms with Crippen molar-refractivity contribution in [1.82, 2.24) is 10.2 Å². The summed E-state index contributed by atoms with van der Waals surface area (Å²) >= 11 is 5.28. The van der Waals surface area contributed by atoms with Crippen LogP contribution in [-0.2, 0) is 14.4 Å². The van der Waals surface area contributed by atoms with Gasteiger partial charge in [-0.2, -0.15) is 0 Å². The fourth-order valence-electron chi connectivity index (χ4n) is 5.45. The molecule has 4 rings (SSSR count). The maximum Gasteiger partial charge on any atom is 0.248 e. The topological polar surface area (TPSA) is 98.7 Å². The van der Waals surface area contributed by atoms with Crippen LogP contribution in [0.3, 0.4) is 0 Å². The molecule has 3 N–H and O–H groups in total. The number of β-amino-alcohol motifs (C(OH)–C–C–N with tert-alkyl or cyclic N) is 1. The van der Waals surface area contributed by atoms with E-state index >= 15 is 0 Å². The third kappa shape index (κ3) is 3.00. The van der Waals surface area contributed by atoms with Crippen molar-refractivity contribution in [2.24, 2.45) is 11.8 Å². The van der Waals surface area contributed by atoms with E-state index in [1.165, 1.54) is 4.90 Å². The van der Waals surface area contributed by atoms with Crippen LogP contribution in [0.4, 0.5) is 5.69 Å². The first-order chi connectivity index (χ1) is 14.3. The number of alkyl halides is 1. The number of carbonyl (C=O) groups excluding carboxylic acids is 3. The summed E-state index contributed by atoms with van der Waals surface area (Å²) in [6.45, 7) is 3.70. The number of para-hydroxylation sites is 1. The molecule has 1 spiro atoms. The van der Waals surface area contributed by atoms with Gasteiger partial charge in [-0.1, -0.05) is 34.1 Å². The number of thioether (sulfide) groups is 1. The quantitative estimate of drug-likeness (QED) is 0.536. The Kier molecular flexibility index (Phi) is 5.65. The van der Waals surface area contributed by atoms with E-state index in [2.05, 4.69) is 26.6 Å². The van der Waals surface area contributed by atoms with Crippen molar-refractivity contribution in [2.45, 2.75) is 41.1 Å². The summed E-state index contributed by atoms with van der Waals surface area (Å²) < 4.78 is -0.692. The molecule has 2 bridgehead atoms. The Balaban J connectivity index is 1.75. The van der Waals surface area contributed by atoms with Gasteiger partial charge in [-0.05, 0) is 31.4 Å². The lowest BCUT2D eigenvalue weighted by molar-refractivity contribution is -0.139. The molecule has 1 aromatic carbocycles. The highest BCUT2D eigenvalue weighted by Crippen LogP contribution is 2.67. The highest BCUT2D eigenvalue weighted by molar-refractivity contribution is 9.09. The number of rotatable bonds is 5. The van der Waals surface area contributed by atoms with Crippen molar-refractivity contribution in [3.8, 4) is 0 Å². The lowest BCUT2D eigenvalue weighted by atomic mass is 9.70. The van der Waals surface area contributed by atoms with Gasteiger partial charge in [-0.3, -0.25) is 14.4 Å². The predicted octanol–water partition coefficient (Wildman–Crippen LogP) is 1.44. The number of aliphatic hydroxyl groups is 1. The van der Waals surface area contributed by atoms with Gasteiger partial charge < -0.3 is 20.6 Å². The largest absolute Gasteiger partial charge is 0.395 e. The second-order valence-electron chi connectivity index (χ2n) is 8.29. The van der Waals surface area contributed by atoms with Crippen molar-refractivity contribution < 1.29 is 19.5 Å². The lowest BCUT2D eigenvalue weighted by Crippen LogP contribution is -2.53. The van der Waals surface area contributed by atoms with Crippen LogP contribution in [0.15, 0.2) is 18.2 Å². The SMILES string of the molecule is CNC(=O)[C@H]1[C@H]2C(=O)N(CCO)C(C(=O)Nc3c(C)cccc3C)C23CC(Br)[C@@H]1S3. The Hall–Kier alpha value is -1.58. The number of halogens is 1. The van der Waals surface area contributed by atoms with Gasteiger partial charge in [0.15, 0.2) is 0 Å². The number of hydrogen-bond donors (Lipinski definition) is 3. The van der Waals surface area contributed by atoms with Crippen LogP contribution in [0.25, 0.3) is 0 Å². The van der Waals surface area contributed by atoms with Gasteiger partial charge in [-0.25, -0.2) is 0 Å². The summed E-state index contributed by atoms with van der Waals surface area (Å²) in [5, 5.41) is 15.3. The minimum atomic E-state index is -0.745. The maximum absolute atomic E-state index is 13.6. The Morgan fingerprint density at radius 1 is 1.30 bits per heavy atom. The zero-order valence-electron chi connectivity index (χ0n) is 17.1. The number of likely N-dealkylation sites (tertiary alicyclic amines) is 1. The summed E-state index contributed by atoms with van der Waals surface area (Å²) in [6.07, 6.45) is 0.624. The monoisotopic (exact) mass is 495 g/mol. The van der Waals surface area contributed by atoms with E-state index in [0.717, 1.165) is 16.8 Å². The molecular weight excluding hydrogens is 470 g/mol. The molecule has 3 heterocycles. The molecule has 3 amide bonds. The van der Waals surface area contributed by atoms with Crippen molar-refractivity contribution in [3.05, 3.63) is 29.3 Å². The van der Waals surface area contributed by atoms with Crippen LogP contribution in [0.2, 0.25) is 0 Å². The maximum atomic E-state index is 13.6. The van der Waals surface area contributed by atoms with Crippen LogP contribution >= 0.6 is 27.7 Å². The molecule has 3 aliphatic rings. The minimum Gasteiger partial charge on any atom is -0.395 e. The zero-order chi connectivity index (χ0) is 21.8. The molecule has 3 saturated heterocycles. The van der Waals surface area contributed by atoms with E-state index in [1.807, 2.05) is 32.0 Å². The smallest absolute Gasteiger partial charge is 0.248 e. The summed E-state index contributed by atoms with van der Waals surface area (Å²) in [6, 6.07) is 5.05. The standard InChI is InChI=1S/C21H26BrN3O4S/c1-10-5-4-6-11(2)15(10)24-19(28)17-21-9-12(22)16(30-21)13(18(27)23-3)14(21)20(29)25(17)7-8-26/h4-6,12-14,16-17,26H,7-9H2,1-3H3,(H,23,27)(H,24,28)/t12?,13-,14-,16-,17?,21?/m0/s1. The van der Waals surface area contributed by atoms with Gasteiger partial charge in [0.05, 0.1) is 23.2 Å². The van der Waals surface area contributed by atoms with E-state index < -0.39 is 22.6 Å². The lowest BCUT2D eigenvalue weighted by Gasteiger charge is -2.35. The van der Waals surface area contributed by atoms with Crippen LogP contribution in [0, 0.1) is 25.7 Å². The fraction of sp³-hybridized carbons (Fsp3) is 0.571. The Bertz CT molecular complexity index is 892. The van der Waals surface area contributed by atoms with E-state index in [0.29, 0.717) is 6.42 Å². The van der Waals surface area contributed by atoms with Gasteiger partial charge in [0, 0.05) is 29.4 Å². The molecule has 0 aliphatic carbocycles. The molecule has 162 valence electrons. The molecule has 7 nitrogen and oxygen atoms in total. The second kappa shape index (κ2) is 7.84. The third-order valence-electron chi connectivity index (χ3n) is 6.66. The van der Waals surface area contributed by atoms with Crippen LogP contribution in [0.5, 0.6) is 0 Å². The number of carbonyl (C=O) groups is 3. The molecule has 6 atom stereocenters. The number of nitrogens with zero attached hydrogens (tertiary/aromatic N) is 1. The number of benzene rings is 1. The molecule has 0 radical (unpaired) electrons. The molecule has 9 heteroatoms. The van der Waals surface area contributed by atoms with Crippen molar-refractivity contribution >= 4 is 51.1 Å². The Morgan fingerprint density at radius 2 is 1.97 bits per heavy atom. The predicted molar refractivity (Wildman–Crippen MR) is 120 cm³/mol. The minimum absolute atomic E-state index is 0.0402. The van der Waals surface area contributed by atoms with Crippen molar-refractivity contribution in [3.63, 3.8) is 0 Å². The van der Waals surface area contributed by atoms with E-state index in [-0.39, 0.29) is 41.0 Å². The number of aryl methyl sites for hydroxylation is 2. The number of amides is 3. The van der Waals surface area contributed by atoms with E-state index in [4.69, 9.17) is 0 Å². The zero-order valence-corrected chi connectivity index (χ0v) is 19.5. The summed E-state index contributed by atoms with van der Waals surface area (Å²) in [5.74, 6) is -1.71. The Labute approximate surface area is 188 Å². The number of fused-ring (bicyclic) bond motifs is 1. The average molecular weight is 496 g/mol. The second-order valence-corrected chi connectivity index (χ2v) is 11.0. The molecule has 30 heavy (non-hydrogen) atoms. The molecule has 0 saturated carbocycles. The first-order valence-electron chi connectivity index (χ1n) is 10.1. The molecule has 1 aromatic rings. The van der Waals surface area contributed by atoms with Gasteiger partial charge in [0.25, 0.3) is 0 Å². The number of anilines is 1. The first kappa shape index (κ1) is 21.6. The Morgan fingerprint density at radius 3 is 2.57 bits per heavy atom. The molecule has 0 aromatic heterocycles. The summed E-state index contributed by atoms with van der Waals surface area (Å²) in [4.78, 5) is 41.3. The fourth-order valence-corrected chi connectivity index (χ4v) is 9.06. The van der Waals surface area contributed by atoms with E-state index in [9.17, 15) is 19.5 Å². The van der Waals surface area contributed by atoms with Gasteiger partial charge in [0.2, 0.25) is 17.7 Å². The summed E-state index contributed by atoms with van der Waals surface area (Å²) in [7, 11) is 1.57. The number of hydrogen-bond acceptors (Lipinski definition) is 5. The van der Waals surface area contributed by atoms with Crippen molar-refractivity contribution in [1.29, 1.82) is 0 Å². The highest BCUT2D eigenvalue weighted by Gasteiger charge is 2.75. The normalized spacial score (nSPS) is 34.2. The van der Waals surface area contributed by atoms with Gasteiger partial charge in [-0.15, -0.1) is 11.8 Å². The van der Waals surface area contributed by atoms with Crippen LogP contribution in [0.1, 0.15) is 17.5 Å². The average Bonchev–Trinajstić information content (AvgIpc) is 3.28. The first-order valence-corrected chi connectivity index (χ1v) is 11.9. The number of aliphatic hydroxyl groups excluding tert-OH is 1. The van der Waals surface area contributed by atoms with Crippen LogP contribution < -0.4 is 10.6 Å². The van der Waals surface area contributed by atoms with Crippen LogP contribution in [-0.4, -0.2) is 68.8 Å². The molecular formula is C21H26BrN3O4S. The van der Waals surface area contributed by atoms with E-state index in [1.54, 1.807) is 18.8 Å². The molecule has 3 unspecified atom stereocenters. The highest BCUT2D eigenvalue weighted by atomic mass is 79.9. The van der Waals surface area contributed by atoms with Crippen molar-refractivity contribution in [2.75, 3.05) is 25.5 Å². The summed E-state index contributed by atoms with van der Waals surface area (Å²) in [5.41, 5.74) is 2.63. The molecule has 3 fully saturated rings.